The van der Waals surface area contributed by atoms with Crippen LogP contribution in [0.3, 0.4) is 0 Å². The van der Waals surface area contributed by atoms with Crippen LogP contribution in [0.1, 0.15) is 0 Å². The maximum atomic E-state index is 8.14. The maximum Gasteiger partial charge on any atom is 0.671 e. The Bertz CT molecular complexity index is 61.5. The van der Waals surface area contributed by atoms with E-state index in [1.54, 1.807) is 0 Å². The quantitative estimate of drug-likeness (QED) is 0.292. The zero-order chi connectivity index (χ0) is 6.62. The highest BCUT2D eigenvalue weighted by Crippen LogP contribution is 1.88. The van der Waals surface area contributed by atoms with Crippen LogP contribution in [0.4, 0.5) is 0 Å². The maximum absolute atomic E-state index is 8.14. The molecule has 0 saturated heterocycles. The summed E-state index contributed by atoms with van der Waals surface area (Å²) in [5.74, 6) is 0.358. The molecule has 3 N–H and O–H groups in total. The van der Waals surface area contributed by atoms with E-state index in [9.17, 15) is 0 Å². The SMILES string of the molecule is O[Si](O)(O)OCCS. The summed E-state index contributed by atoms with van der Waals surface area (Å²) in [4.78, 5) is 24.4. The molecule has 4 nitrogen and oxygen atoms in total. The van der Waals surface area contributed by atoms with Gasteiger partial charge in [0.2, 0.25) is 0 Å². The molecule has 50 valence electrons. The lowest BCUT2D eigenvalue weighted by Gasteiger charge is -2.06. The first-order valence-electron chi connectivity index (χ1n) is 1.98. The summed E-state index contributed by atoms with van der Waals surface area (Å²) in [6.07, 6.45) is 0. The van der Waals surface area contributed by atoms with Crippen LogP contribution in [0.15, 0.2) is 0 Å². The fourth-order valence-electron chi connectivity index (χ4n) is 0.183. The normalized spacial score (nSPS) is 12.0. The van der Waals surface area contributed by atoms with E-state index in [0.717, 1.165) is 0 Å². The first-order chi connectivity index (χ1) is 3.56. The second kappa shape index (κ2) is 3.44. The van der Waals surface area contributed by atoms with Gasteiger partial charge in [0.1, 0.15) is 0 Å². The molecule has 0 heterocycles. The Kier molecular flexibility index (Phi) is 3.61. The lowest BCUT2D eigenvalue weighted by Crippen LogP contribution is -2.39. The van der Waals surface area contributed by atoms with E-state index in [2.05, 4.69) is 17.1 Å². The van der Waals surface area contributed by atoms with Gasteiger partial charge in [-0.15, -0.1) is 0 Å². The molecule has 0 bridgehead atoms. The van der Waals surface area contributed by atoms with Gasteiger partial charge >= 0.3 is 9.05 Å². The van der Waals surface area contributed by atoms with Crippen LogP contribution in [0, 0.1) is 0 Å². The summed E-state index contributed by atoms with van der Waals surface area (Å²) in [6, 6.07) is 0. The summed E-state index contributed by atoms with van der Waals surface area (Å²) < 4.78 is 4.11. The minimum Gasteiger partial charge on any atom is -0.368 e. The number of hydrogen-bond acceptors (Lipinski definition) is 5. The first kappa shape index (κ1) is 8.41. The van der Waals surface area contributed by atoms with Crippen LogP contribution in [-0.2, 0) is 4.43 Å². The highest BCUT2D eigenvalue weighted by Gasteiger charge is 2.29. The van der Waals surface area contributed by atoms with Crippen LogP contribution in [0.25, 0.3) is 0 Å². The van der Waals surface area contributed by atoms with E-state index in [0.29, 0.717) is 5.75 Å². The molecule has 0 aromatic heterocycles. The molecule has 0 saturated carbocycles. The molecule has 8 heavy (non-hydrogen) atoms. The van der Waals surface area contributed by atoms with Crippen molar-refractivity contribution in [2.24, 2.45) is 0 Å². The highest BCUT2D eigenvalue weighted by atomic mass is 32.1. The van der Waals surface area contributed by atoms with Crippen molar-refractivity contribution in [3.8, 4) is 0 Å². The molecule has 0 aromatic rings. The predicted molar refractivity (Wildman–Crippen MR) is 32.2 cm³/mol. The number of rotatable bonds is 3. The van der Waals surface area contributed by atoms with Gasteiger partial charge in [-0.25, -0.2) is 0 Å². The fraction of sp³-hybridized carbons (Fsp3) is 1.00. The zero-order valence-corrected chi connectivity index (χ0v) is 6.01. The Balaban J connectivity index is 3.11. The summed E-state index contributed by atoms with van der Waals surface area (Å²) >= 11 is 3.70. The lowest BCUT2D eigenvalue weighted by molar-refractivity contribution is 0.0698. The van der Waals surface area contributed by atoms with Gasteiger partial charge in [0.15, 0.2) is 0 Å². The van der Waals surface area contributed by atoms with Crippen LogP contribution < -0.4 is 0 Å². The Morgan fingerprint density at radius 1 is 1.38 bits per heavy atom. The smallest absolute Gasteiger partial charge is 0.368 e. The van der Waals surface area contributed by atoms with Crippen LogP contribution >= 0.6 is 12.6 Å². The third kappa shape index (κ3) is 6.41. The van der Waals surface area contributed by atoms with E-state index < -0.39 is 9.05 Å². The van der Waals surface area contributed by atoms with Crippen molar-refractivity contribution >= 4 is 21.7 Å². The molecule has 0 aromatic carbocycles. The van der Waals surface area contributed by atoms with Crippen molar-refractivity contribution in [2.75, 3.05) is 12.4 Å². The molecule has 0 aliphatic rings. The van der Waals surface area contributed by atoms with Crippen LogP contribution in [-0.4, -0.2) is 35.8 Å². The minimum absolute atomic E-state index is 0.0544. The van der Waals surface area contributed by atoms with E-state index >= 15 is 0 Å². The van der Waals surface area contributed by atoms with Gasteiger partial charge in [-0.3, -0.25) is 0 Å². The zero-order valence-electron chi connectivity index (χ0n) is 4.11. The Morgan fingerprint density at radius 3 is 2.00 bits per heavy atom. The summed E-state index contributed by atoms with van der Waals surface area (Å²) in [5.41, 5.74) is 0. The van der Waals surface area contributed by atoms with Crippen molar-refractivity contribution in [2.45, 2.75) is 0 Å². The minimum atomic E-state index is -4.23. The Hall–Kier alpha value is 0.407. The van der Waals surface area contributed by atoms with Gasteiger partial charge in [0.25, 0.3) is 0 Å². The van der Waals surface area contributed by atoms with Crippen molar-refractivity contribution in [3.05, 3.63) is 0 Å². The highest BCUT2D eigenvalue weighted by molar-refractivity contribution is 7.80. The third-order valence-corrected chi connectivity index (χ3v) is 1.16. The van der Waals surface area contributed by atoms with E-state index in [4.69, 9.17) is 14.4 Å². The van der Waals surface area contributed by atoms with Crippen molar-refractivity contribution < 1.29 is 18.8 Å². The molecule has 0 rings (SSSR count). The van der Waals surface area contributed by atoms with E-state index in [1.807, 2.05) is 0 Å². The van der Waals surface area contributed by atoms with Crippen molar-refractivity contribution in [3.63, 3.8) is 0 Å². The molecular weight excluding hydrogens is 148 g/mol. The molecule has 0 spiro atoms. The molecule has 0 radical (unpaired) electrons. The van der Waals surface area contributed by atoms with Gasteiger partial charge < -0.3 is 18.8 Å². The molecule has 0 unspecified atom stereocenters. The third-order valence-electron chi connectivity index (χ3n) is 0.387. The molecule has 0 aliphatic heterocycles. The summed E-state index contributed by atoms with van der Waals surface area (Å²) in [6.45, 7) is 0.0544. The second-order valence-corrected chi connectivity index (χ2v) is 3.03. The number of hydrogen-bond donors (Lipinski definition) is 4. The second-order valence-electron chi connectivity index (χ2n) is 1.15. The Morgan fingerprint density at radius 2 is 1.88 bits per heavy atom. The van der Waals surface area contributed by atoms with Gasteiger partial charge in [0.05, 0.1) is 0 Å². The average Bonchev–Trinajstić information content (AvgIpc) is 1.59. The summed E-state index contributed by atoms with van der Waals surface area (Å²) in [5, 5.41) is 0. The summed E-state index contributed by atoms with van der Waals surface area (Å²) in [7, 11) is -4.23. The molecule has 0 aliphatic carbocycles. The molecular formula is C2H8O4SSi. The standard InChI is InChI=1S/C2H8O4SSi/c3-8(4,5)6-1-2-7/h3-5,7H,1-2H2. The van der Waals surface area contributed by atoms with E-state index in [-0.39, 0.29) is 6.61 Å². The number of thiol groups is 1. The van der Waals surface area contributed by atoms with Gasteiger partial charge in [-0.1, -0.05) is 0 Å². The monoisotopic (exact) mass is 156 g/mol. The largest absolute Gasteiger partial charge is 0.671 e. The lowest BCUT2D eigenvalue weighted by atomic mass is 10.9. The van der Waals surface area contributed by atoms with Crippen LogP contribution in [0.2, 0.25) is 0 Å². The van der Waals surface area contributed by atoms with Gasteiger partial charge in [0, 0.05) is 12.4 Å². The predicted octanol–water partition coefficient (Wildman–Crippen LogP) is -1.65. The topological polar surface area (TPSA) is 69.9 Å². The molecule has 0 fully saturated rings. The average molecular weight is 156 g/mol. The molecule has 0 atom stereocenters. The van der Waals surface area contributed by atoms with Gasteiger partial charge in [-0.2, -0.15) is 12.6 Å². The Labute approximate surface area is 53.6 Å². The molecule has 6 heteroatoms. The van der Waals surface area contributed by atoms with Crippen molar-refractivity contribution in [1.29, 1.82) is 0 Å². The van der Waals surface area contributed by atoms with Crippen molar-refractivity contribution in [1.82, 2.24) is 0 Å². The van der Waals surface area contributed by atoms with Gasteiger partial charge in [-0.05, 0) is 0 Å². The van der Waals surface area contributed by atoms with E-state index in [1.165, 1.54) is 0 Å². The first-order valence-corrected chi connectivity index (χ1v) is 4.36. The molecule has 0 amide bonds. The van der Waals surface area contributed by atoms with Crippen LogP contribution in [0.5, 0.6) is 0 Å². The fourth-order valence-corrected chi connectivity index (χ4v) is 0.822.